The number of nitrogens with one attached hydrogen (secondary N) is 1. The van der Waals surface area contributed by atoms with Gasteiger partial charge in [-0.2, -0.15) is 0 Å². The summed E-state index contributed by atoms with van der Waals surface area (Å²) in [5, 5.41) is 13.0. The number of ether oxygens (including phenoxy) is 1. The molecule has 144 valence electrons. The minimum atomic E-state index is -0.715. The fraction of sp³-hybridized carbons (Fsp3) is 0.556. The zero-order valence-electron chi connectivity index (χ0n) is 14.4. The second-order valence-corrected chi connectivity index (χ2v) is 7.31. The van der Waals surface area contributed by atoms with Crippen molar-refractivity contribution in [1.82, 2.24) is 10.2 Å². The quantitative estimate of drug-likeness (QED) is 0.684. The second kappa shape index (κ2) is 8.93. The topological polar surface area (TPSA) is 78.9 Å². The highest BCUT2D eigenvalue weighted by molar-refractivity contribution is 6.30. The molecule has 3 rings (SSSR count). The molecule has 1 aromatic carbocycles. The number of aliphatic carboxylic acids is 1. The lowest BCUT2D eigenvalue weighted by Crippen LogP contribution is -2.40. The number of carboxylic acid groups (broad SMARTS) is 1. The normalized spacial score (nSPS) is 24.6. The van der Waals surface area contributed by atoms with Crippen LogP contribution < -0.4 is 10.1 Å². The van der Waals surface area contributed by atoms with Crippen molar-refractivity contribution in [3.63, 3.8) is 0 Å². The predicted molar refractivity (Wildman–Crippen MR) is 101 cm³/mol. The number of fused-ring (bicyclic) bond motifs is 1. The first-order valence-electron chi connectivity index (χ1n) is 8.60. The first-order chi connectivity index (χ1) is 12.0. The van der Waals surface area contributed by atoms with Crippen molar-refractivity contribution in [2.75, 3.05) is 32.8 Å². The van der Waals surface area contributed by atoms with E-state index in [1.807, 2.05) is 11.0 Å². The SMILES string of the molecule is Cl.O=C(CN1C[C@@H]2CCC[C@@]2(C(=O)O)C1)NCCOc1cccc(Cl)c1. The van der Waals surface area contributed by atoms with Gasteiger partial charge in [0.2, 0.25) is 5.91 Å². The maximum atomic E-state index is 12.1. The van der Waals surface area contributed by atoms with Crippen molar-refractivity contribution >= 4 is 35.9 Å². The molecule has 1 amide bonds. The van der Waals surface area contributed by atoms with E-state index in [9.17, 15) is 14.7 Å². The van der Waals surface area contributed by atoms with Gasteiger partial charge in [-0.25, -0.2) is 0 Å². The summed E-state index contributed by atoms with van der Waals surface area (Å²) in [6.07, 6.45) is 2.63. The molecule has 2 fully saturated rings. The molecule has 26 heavy (non-hydrogen) atoms. The summed E-state index contributed by atoms with van der Waals surface area (Å²) in [6, 6.07) is 7.10. The molecule has 0 spiro atoms. The van der Waals surface area contributed by atoms with E-state index in [2.05, 4.69) is 5.32 Å². The summed E-state index contributed by atoms with van der Waals surface area (Å²) in [4.78, 5) is 25.7. The number of rotatable bonds is 7. The van der Waals surface area contributed by atoms with E-state index in [1.165, 1.54) is 0 Å². The van der Waals surface area contributed by atoms with Gasteiger partial charge in [-0.15, -0.1) is 12.4 Å². The van der Waals surface area contributed by atoms with Crippen LogP contribution in [-0.2, 0) is 9.59 Å². The number of nitrogens with zero attached hydrogens (tertiary/aromatic N) is 1. The molecule has 0 bridgehead atoms. The minimum Gasteiger partial charge on any atom is -0.492 e. The molecule has 6 nitrogen and oxygen atoms in total. The van der Waals surface area contributed by atoms with Crippen molar-refractivity contribution in [1.29, 1.82) is 0 Å². The van der Waals surface area contributed by atoms with Crippen LogP contribution in [0.15, 0.2) is 24.3 Å². The first kappa shape index (κ1) is 20.8. The Morgan fingerprint density at radius 1 is 1.42 bits per heavy atom. The standard InChI is InChI=1S/C18H23ClN2O4.ClH/c19-14-4-1-5-15(9-14)25-8-7-20-16(22)11-21-10-13-3-2-6-18(13,12-21)17(23)24;/h1,4-5,9,13H,2-3,6-8,10-12H2,(H,20,22)(H,23,24);1H/t13-,18+;/m0./s1. The number of amides is 1. The lowest BCUT2D eigenvalue weighted by atomic mass is 9.81. The maximum absolute atomic E-state index is 12.1. The summed E-state index contributed by atoms with van der Waals surface area (Å²) >= 11 is 5.88. The van der Waals surface area contributed by atoms with Gasteiger partial charge < -0.3 is 15.2 Å². The zero-order chi connectivity index (χ0) is 17.9. The van der Waals surface area contributed by atoms with Crippen LogP contribution in [0.4, 0.5) is 0 Å². The number of halogens is 2. The third kappa shape index (κ3) is 4.61. The molecule has 1 aliphatic carbocycles. The van der Waals surface area contributed by atoms with Crippen LogP contribution in [0.1, 0.15) is 19.3 Å². The van der Waals surface area contributed by atoms with E-state index in [4.69, 9.17) is 16.3 Å². The van der Waals surface area contributed by atoms with Gasteiger partial charge in [-0.3, -0.25) is 14.5 Å². The average molecular weight is 403 g/mol. The molecule has 0 radical (unpaired) electrons. The second-order valence-electron chi connectivity index (χ2n) is 6.88. The predicted octanol–water partition coefficient (Wildman–Crippen LogP) is 2.44. The minimum absolute atomic E-state index is 0. The molecule has 2 aliphatic rings. The number of carboxylic acids is 1. The van der Waals surface area contributed by atoms with Crippen molar-refractivity contribution < 1.29 is 19.4 Å². The van der Waals surface area contributed by atoms with Crippen molar-refractivity contribution in [3.8, 4) is 5.75 Å². The number of hydrogen-bond acceptors (Lipinski definition) is 4. The van der Waals surface area contributed by atoms with E-state index < -0.39 is 11.4 Å². The Bertz CT molecular complexity index is 658. The van der Waals surface area contributed by atoms with E-state index in [1.54, 1.807) is 18.2 Å². The fourth-order valence-electron chi connectivity index (χ4n) is 4.04. The van der Waals surface area contributed by atoms with Crippen LogP contribution in [0.25, 0.3) is 0 Å². The van der Waals surface area contributed by atoms with Crippen LogP contribution in [-0.4, -0.2) is 54.7 Å². The van der Waals surface area contributed by atoms with E-state index in [0.717, 1.165) is 19.3 Å². The van der Waals surface area contributed by atoms with Crippen LogP contribution in [0.2, 0.25) is 5.02 Å². The molecular weight excluding hydrogens is 379 g/mol. The van der Waals surface area contributed by atoms with Crippen LogP contribution in [0.3, 0.4) is 0 Å². The highest BCUT2D eigenvalue weighted by Gasteiger charge is 2.54. The van der Waals surface area contributed by atoms with Crippen LogP contribution in [0.5, 0.6) is 5.75 Å². The number of hydrogen-bond donors (Lipinski definition) is 2. The Hall–Kier alpha value is -1.50. The lowest BCUT2D eigenvalue weighted by Gasteiger charge is -2.23. The Morgan fingerprint density at radius 2 is 2.23 bits per heavy atom. The van der Waals surface area contributed by atoms with Crippen molar-refractivity contribution in [2.24, 2.45) is 11.3 Å². The number of carbonyl (C=O) groups is 2. The highest BCUT2D eigenvalue weighted by atomic mass is 35.5. The van der Waals surface area contributed by atoms with Crippen LogP contribution >= 0.6 is 24.0 Å². The zero-order valence-corrected chi connectivity index (χ0v) is 16.0. The van der Waals surface area contributed by atoms with Gasteiger partial charge in [-0.1, -0.05) is 24.1 Å². The average Bonchev–Trinajstić information content (AvgIpc) is 3.09. The Morgan fingerprint density at radius 3 is 2.92 bits per heavy atom. The summed E-state index contributed by atoms with van der Waals surface area (Å²) in [5.41, 5.74) is -0.643. The molecule has 2 N–H and O–H groups in total. The largest absolute Gasteiger partial charge is 0.492 e. The molecule has 1 saturated heterocycles. The Balaban J connectivity index is 0.00000243. The number of carbonyl (C=O) groups excluding carboxylic acids is 1. The van der Waals surface area contributed by atoms with E-state index >= 15 is 0 Å². The van der Waals surface area contributed by atoms with Gasteiger partial charge in [0.25, 0.3) is 0 Å². The lowest BCUT2D eigenvalue weighted by molar-refractivity contribution is -0.149. The van der Waals surface area contributed by atoms with Crippen molar-refractivity contribution in [3.05, 3.63) is 29.3 Å². The Kier molecular flexibility index (Phi) is 7.15. The third-order valence-electron chi connectivity index (χ3n) is 5.22. The van der Waals surface area contributed by atoms with Gasteiger partial charge in [0.05, 0.1) is 18.5 Å². The summed E-state index contributed by atoms with van der Waals surface area (Å²) < 4.78 is 5.52. The summed E-state index contributed by atoms with van der Waals surface area (Å²) in [7, 11) is 0. The molecule has 1 heterocycles. The highest BCUT2D eigenvalue weighted by Crippen LogP contribution is 2.48. The monoisotopic (exact) mass is 402 g/mol. The molecule has 1 aliphatic heterocycles. The van der Waals surface area contributed by atoms with E-state index in [0.29, 0.717) is 37.0 Å². The smallest absolute Gasteiger partial charge is 0.311 e. The molecule has 2 atom stereocenters. The third-order valence-corrected chi connectivity index (χ3v) is 5.46. The van der Waals surface area contributed by atoms with Gasteiger partial charge in [-0.05, 0) is 37.0 Å². The molecule has 8 heteroatoms. The molecule has 1 aromatic rings. The van der Waals surface area contributed by atoms with Gasteiger partial charge in [0.15, 0.2) is 0 Å². The molecule has 0 aromatic heterocycles. The van der Waals surface area contributed by atoms with Gasteiger partial charge in [0.1, 0.15) is 12.4 Å². The molecular formula is C18H24Cl2N2O4. The van der Waals surface area contributed by atoms with E-state index in [-0.39, 0.29) is 30.8 Å². The molecule has 0 unspecified atom stereocenters. The van der Waals surface area contributed by atoms with Crippen molar-refractivity contribution in [2.45, 2.75) is 19.3 Å². The number of likely N-dealkylation sites (tertiary alicyclic amines) is 1. The summed E-state index contributed by atoms with van der Waals surface area (Å²) in [5.74, 6) is 0.0181. The summed E-state index contributed by atoms with van der Waals surface area (Å²) in [6.45, 7) is 2.15. The van der Waals surface area contributed by atoms with Gasteiger partial charge >= 0.3 is 5.97 Å². The van der Waals surface area contributed by atoms with Crippen LogP contribution in [0, 0.1) is 11.3 Å². The number of benzene rings is 1. The Labute approximate surface area is 164 Å². The van der Waals surface area contributed by atoms with Gasteiger partial charge in [0, 0.05) is 18.1 Å². The fourth-order valence-corrected chi connectivity index (χ4v) is 4.22. The first-order valence-corrected chi connectivity index (χ1v) is 8.98. The maximum Gasteiger partial charge on any atom is 0.311 e. The molecule has 1 saturated carbocycles.